The molecule has 3 aromatic rings. The highest BCUT2D eigenvalue weighted by atomic mass is 16.5. The molecule has 30 heavy (non-hydrogen) atoms. The largest absolute Gasteiger partial charge is 0.496 e. The molecule has 1 aliphatic rings. The molecule has 7 heteroatoms. The Balaban J connectivity index is 1.46. The maximum Gasteiger partial charge on any atom is 0.261 e. The fourth-order valence-electron chi connectivity index (χ4n) is 3.85. The van der Waals surface area contributed by atoms with Gasteiger partial charge in [-0.25, -0.2) is 0 Å². The molecule has 0 bridgehead atoms. The molecule has 1 fully saturated rings. The van der Waals surface area contributed by atoms with Gasteiger partial charge in [-0.15, -0.1) is 0 Å². The number of hydrogen-bond donors (Lipinski definition) is 0. The van der Waals surface area contributed by atoms with Crippen molar-refractivity contribution in [2.45, 2.75) is 25.7 Å². The lowest BCUT2D eigenvalue weighted by atomic mass is 9.96. The van der Waals surface area contributed by atoms with Gasteiger partial charge in [0.05, 0.1) is 14.2 Å². The van der Waals surface area contributed by atoms with Gasteiger partial charge in [0, 0.05) is 24.6 Å². The first kappa shape index (κ1) is 19.9. The van der Waals surface area contributed by atoms with Gasteiger partial charge in [-0.3, -0.25) is 4.79 Å². The number of likely N-dealkylation sites (tertiary alicyclic amines) is 1. The number of aryl methyl sites for hydroxylation is 1. The van der Waals surface area contributed by atoms with Gasteiger partial charge in [0.25, 0.3) is 5.91 Å². The minimum Gasteiger partial charge on any atom is -0.496 e. The maximum absolute atomic E-state index is 13.1. The van der Waals surface area contributed by atoms with Crippen LogP contribution in [0.15, 0.2) is 47.0 Å². The van der Waals surface area contributed by atoms with Gasteiger partial charge >= 0.3 is 0 Å². The van der Waals surface area contributed by atoms with Crippen LogP contribution in [0.1, 0.15) is 40.6 Å². The summed E-state index contributed by atoms with van der Waals surface area (Å²) in [5, 5.41) is 4.15. The predicted octanol–water partition coefficient (Wildman–Crippen LogP) is 4.08. The molecule has 0 spiro atoms. The number of amides is 1. The molecule has 7 nitrogen and oxygen atoms in total. The van der Waals surface area contributed by atoms with Crippen LogP contribution >= 0.6 is 0 Å². The second-order valence-corrected chi connectivity index (χ2v) is 7.43. The van der Waals surface area contributed by atoms with Crippen molar-refractivity contribution in [3.63, 3.8) is 0 Å². The van der Waals surface area contributed by atoms with Crippen LogP contribution in [0.3, 0.4) is 0 Å². The number of benzene rings is 2. The summed E-state index contributed by atoms with van der Waals surface area (Å²) in [5.41, 5.74) is 2.55. The Morgan fingerprint density at radius 1 is 1.07 bits per heavy atom. The third kappa shape index (κ3) is 3.87. The summed E-state index contributed by atoms with van der Waals surface area (Å²) in [4.78, 5) is 19.6. The number of hydrogen-bond acceptors (Lipinski definition) is 6. The smallest absolute Gasteiger partial charge is 0.261 e. The fraction of sp³-hybridized carbons (Fsp3) is 0.348. The molecule has 1 amide bonds. The van der Waals surface area contributed by atoms with Crippen molar-refractivity contribution >= 4 is 5.91 Å². The highest BCUT2D eigenvalue weighted by Crippen LogP contribution is 2.33. The van der Waals surface area contributed by atoms with Crippen molar-refractivity contribution in [3.8, 4) is 22.9 Å². The zero-order chi connectivity index (χ0) is 21.1. The molecular weight excluding hydrogens is 382 g/mol. The van der Waals surface area contributed by atoms with E-state index < -0.39 is 0 Å². The van der Waals surface area contributed by atoms with E-state index in [4.69, 9.17) is 14.0 Å². The van der Waals surface area contributed by atoms with Crippen LogP contribution in [0.5, 0.6) is 11.5 Å². The lowest BCUT2D eigenvalue weighted by Crippen LogP contribution is -2.38. The summed E-state index contributed by atoms with van der Waals surface area (Å²) in [6.45, 7) is 3.24. The first-order chi connectivity index (χ1) is 14.6. The van der Waals surface area contributed by atoms with Gasteiger partial charge in [0.2, 0.25) is 11.7 Å². The number of methoxy groups -OCH3 is 2. The third-order valence-electron chi connectivity index (χ3n) is 5.49. The van der Waals surface area contributed by atoms with Crippen LogP contribution < -0.4 is 9.47 Å². The second-order valence-electron chi connectivity index (χ2n) is 7.43. The average Bonchev–Trinajstić information content (AvgIpc) is 3.28. The minimum absolute atomic E-state index is 0.0891. The Labute approximate surface area is 175 Å². The van der Waals surface area contributed by atoms with E-state index in [1.165, 1.54) is 0 Å². The van der Waals surface area contributed by atoms with Crippen molar-refractivity contribution in [1.82, 2.24) is 15.0 Å². The van der Waals surface area contributed by atoms with Crippen LogP contribution in [0.4, 0.5) is 0 Å². The van der Waals surface area contributed by atoms with E-state index in [0.717, 1.165) is 24.0 Å². The Morgan fingerprint density at radius 2 is 1.73 bits per heavy atom. The van der Waals surface area contributed by atoms with Crippen LogP contribution in [0.2, 0.25) is 0 Å². The highest BCUT2D eigenvalue weighted by Gasteiger charge is 2.30. The van der Waals surface area contributed by atoms with E-state index in [0.29, 0.717) is 41.9 Å². The summed E-state index contributed by atoms with van der Waals surface area (Å²) in [6, 6.07) is 13.4. The van der Waals surface area contributed by atoms with Crippen LogP contribution in [-0.2, 0) is 0 Å². The Morgan fingerprint density at radius 3 is 2.37 bits per heavy atom. The van der Waals surface area contributed by atoms with Gasteiger partial charge in [-0.1, -0.05) is 35.0 Å². The maximum atomic E-state index is 13.1. The molecule has 1 saturated heterocycles. The summed E-state index contributed by atoms with van der Waals surface area (Å²) in [6.07, 6.45) is 1.53. The van der Waals surface area contributed by atoms with E-state index >= 15 is 0 Å². The highest BCUT2D eigenvalue weighted by molar-refractivity contribution is 5.99. The van der Waals surface area contributed by atoms with Crippen molar-refractivity contribution in [3.05, 3.63) is 59.5 Å². The number of carbonyl (C=O) groups is 1. The van der Waals surface area contributed by atoms with E-state index in [-0.39, 0.29) is 11.8 Å². The van der Waals surface area contributed by atoms with Gasteiger partial charge in [-0.2, -0.15) is 4.98 Å². The van der Waals surface area contributed by atoms with Gasteiger partial charge in [0.15, 0.2) is 0 Å². The van der Waals surface area contributed by atoms with Gasteiger partial charge in [0.1, 0.15) is 17.1 Å². The topological polar surface area (TPSA) is 77.7 Å². The quantitative estimate of drug-likeness (QED) is 0.634. The van der Waals surface area contributed by atoms with E-state index in [9.17, 15) is 4.79 Å². The summed E-state index contributed by atoms with van der Waals surface area (Å²) in [7, 11) is 3.11. The normalized spacial score (nSPS) is 14.6. The zero-order valence-electron chi connectivity index (χ0n) is 17.4. The number of ether oxygens (including phenoxy) is 2. The van der Waals surface area contributed by atoms with E-state index in [1.807, 2.05) is 42.2 Å². The Bertz CT molecular complexity index is 1020. The molecule has 0 unspecified atom stereocenters. The summed E-state index contributed by atoms with van der Waals surface area (Å²) >= 11 is 0. The zero-order valence-corrected chi connectivity index (χ0v) is 17.4. The lowest BCUT2D eigenvalue weighted by Gasteiger charge is -2.31. The number of rotatable bonds is 5. The second kappa shape index (κ2) is 8.57. The van der Waals surface area contributed by atoms with Crippen LogP contribution in [0.25, 0.3) is 11.4 Å². The number of nitrogens with zero attached hydrogens (tertiary/aromatic N) is 3. The number of carbonyl (C=O) groups excluding carboxylic acids is 1. The Hall–Kier alpha value is -3.35. The molecule has 156 valence electrons. The summed E-state index contributed by atoms with van der Waals surface area (Å²) < 4.78 is 16.3. The van der Waals surface area contributed by atoms with Gasteiger partial charge < -0.3 is 18.9 Å². The number of piperidine rings is 1. The lowest BCUT2D eigenvalue weighted by molar-refractivity contribution is 0.0697. The molecule has 1 aliphatic heterocycles. The first-order valence-corrected chi connectivity index (χ1v) is 10.0. The predicted molar refractivity (Wildman–Crippen MR) is 112 cm³/mol. The summed E-state index contributed by atoms with van der Waals surface area (Å²) in [5.74, 6) is 2.31. The molecule has 0 radical (unpaired) electrons. The molecule has 2 heterocycles. The number of aromatic nitrogens is 2. The third-order valence-corrected chi connectivity index (χ3v) is 5.49. The fourth-order valence-corrected chi connectivity index (χ4v) is 3.85. The van der Waals surface area contributed by atoms with Crippen molar-refractivity contribution < 1.29 is 18.8 Å². The SMILES string of the molecule is COc1cccc(OC)c1C(=O)N1CCC(c2nc(-c3cccc(C)c3)no2)CC1. The molecule has 2 aromatic carbocycles. The van der Waals surface area contributed by atoms with Crippen LogP contribution in [-0.4, -0.2) is 48.3 Å². The molecule has 0 saturated carbocycles. The average molecular weight is 407 g/mol. The van der Waals surface area contributed by atoms with Crippen LogP contribution in [0, 0.1) is 6.92 Å². The van der Waals surface area contributed by atoms with Crippen molar-refractivity contribution in [2.75, 3.05) is 27.3 Å². The first-order valence-electron chi connectivity index (χ1n) is 10.0. The molecule has 0 atom stereocenters. The Kier molecular flexibility index (Phi) is 5.70. The standard InChI is InChI=1S/C23H25N3O4/c1-15-6-4-7-17(14-15)21-24-22(30-25-21)16-10-12-26(13-11-16)23(27)20-18(28-2)8-5-9-19(20)29-3/h4-9,14,16H,10-13H2,1-3H3. The van der Waals surface area contributed by atoms with E-state index in [2.05, 4.69) is 10.1 Å². The molecular formula is C23H25N3O4. The van der Waals surface area contributed by atoms with Crippen molar-refractivity contribution in [2.24, 2.45) is 0 Å². The van der Waals surface area contributed by atoms with E-state index in [1.54, 1.807) is 26.4 Å². The molecule has 0 aliphatic carbocycles. The minimum atomic E-state index is -0.0891. The van der Waals surface area contributed by atoms with Crippen molar-refractivity contribution in [1.29, 1.82) is 0 Å². The molecule has 1 aromatic heterocycles. The monoisotopic (exact) mass is 407 g/mol. The molecule has 0 N–H and O–H groups in total. The molecule has 4 rings (SSSR count). The van der Waals surface area contributed by atoms with Gasteiger partial charge in [-0.05, 0) is 38.0 Å².